The maximum atomic E-state index is 6.28. The minimum atomic E-state index is 0.729. The van der Waals surface area contributed by atoms with Gasteiger partial charge in [-0.3, -0.25) is 0 Å². The first-order valence-corrected chi connectivity index (χ1v) is 9.65. The molecule has 7 rings (SSSR count). The molecule has 0 aliphatic rings. The lowest BCUT2D eigenvalue weighted by molar-refractivity contribution is 0.656. The maximum Gasteiger partial charge on any atom is 0.139 e. The second kappa shape index (κ2) is 5.09. The highest BCUT2D eigenvalue weighted by Gasteiger charge is 2.17. The molecule has 136 valence electrons. The van der Waals surface area contributed by atoms with E-state index in [-0.39, 0.29) is 0 Å². The van der Waals surface area contributed by atoms with Crippen LogP contribution in [0.4, 0.5) is 5.69 Å². The number of benzene rings is 5. The van der Waals surface area contributed by atoms with E-state index in [2.05, 4.69) is 48.5 Å². The molecular formula is C26H15NO2. The van der Waals surface area contributed by atoms with Crippen LogP contribution in [0.1, 0.15) is 0 Å². The molecular weight excluding hydrogens is 358 g/mol. The van der Waals surface area contributed by atoms with Crippen LogP contribution in [0.2, 0.25) is 0 Å². The maximum absolute atomic E-state index is 6.28. The predicted molar refractivity (Wildman–Crippen MR) is 120 cm³/mol. The van der Waals surface area contributed by atoms with E-state index in [9.17, 15) is 0 Å². The summed E-state index contributed by atoms with van der Waals surface area (Å²) in [6.07, 6.45) is 0. The zero-order valence-corrected chi connectivity index (χ0v) is 15.4. The largest absolute Gasteiger partial charge is 0.456 e. The van der Waals surface area contributed by atoms with Gasteiger partial charge in [0.15, 0.2) is 0 Å². The number of hydrogen-bond acceptors (Lipinski definition) is 3. The van der Waals surface area contributed by atoms with Gasteiger partial charge < -0.3 is 14.6 Å². The van der Waals surface area contributed by atoms with Gasteiger partial charge in [0.2, 0.25) is 0 Å². The minimum absolute atomic E-state index is 0.729. The molecule has 7 aromatic rings. The van der Waals surface area contributed by atoms with Crippen molar-refractivity contribution in [2.24, 2.45) is 0 Å². The summed E-state index contributed by atoms with van der Waals surface area (Å²) in [4.78, 5) is 0. The molecule has 0 aliphatic heterocycles. The lowest BCUT2D eigenvalue weighted by atomic mass is 10.00. The molecule has 0 saturated carbocycles. The third-order valence-electron chi connectivity index (χ3n) is 5.99. The predicted octanol–water partition coefficient (Wildman–Crippen LogP) is 7.37. The Labute approximate surface area is 164 Å². The van der Waals surface area contributed by atoms with Crippen LogP contribution in [-0.4, -0.2) is 0 Å². The lowest BCUT2D eigenvalue weighted by Gasteiger charge is -2.03. The van der Waals surface area contributed by atoms with Crippen molar-refractivity contribution in [3.05, 3.63) is 78.9 Å². The highest BCUT2D eigenvalue weighted by Crippen LogP contribution is 2.42. The molecule has 3 nitrogen and oxygen atoms in total. The number of nitrogen functional groups attached to an aromatic ring is 1. The molecule has 0 atom stereocenters. The fourth-order valence-electron chi connectivity index (χ4n) is 4.71. The molecule has 0 spiro atoms. The van der Waals surface area contributed by atoms with Crippen molar-refractivity contribution in [3.63, 3.8) is 0 Å². The van der Waals surface area contributed by atoms with Gasteiger partial charge in [0.25, 0.3) is 0 Å². The van der Waals surface area contributed by atoms with E-state index in [1.54, 1.807) is 0 Å². The monoisotopic (exact) mass is 373 g/mol. The number of rotatable bonds is 0. The van der Waals surface area contributed by atoms with Gasteiger partial charge >= 0.3 is 0 Å². The molecule has 0 unspecified atom stereocenters. The van der Waals surface area contributed by atoms with Crippen LogP contribution in [0.3, 0.4) is 0 Å². The molecule has 2 heterocycles. The van der Waals surface area contributed by atoms with E-state index in [4.69, 9.17) is 14.6 Å². The van der Waals surface area contributed by atoms with Crippen molar-refractivity contribution in [3.8, 4) is 0 Å². The average Bonchev–Trinajstić information content (AvgIpc) is 3.29. The quantitative estimate of drug-likeness (QED) is 0.282. The Morgan fingerprint density at radius 1 is 0.483 bits per heavy atom. The minimum Gasteiger partial charge on any atom is -0.456 e. The van der Waals surface area contributed by atoms with Crippen molar-refractivity contribution in [1.82, 2.24) is 0 Å². The van der Waals surface area contributed by atoms with Gasteiger partial charge in [-0.2, -0.15) is 0 Å². The molecule has 2 N–H and O–H groups in total. The Kier molecular flexibility index (Phi) is 2.63. The van der Waals surface area contributed by atoms with Crippen molar-refractivity contribution in [2.45, 2.75) is 0 Å². The second-order valence-corrected chi connectivity index (χ2v) is 7.59. The van der Waals surface area contributed by atoms with Gasteiger partial charge in [-0.1, -0.05) is 54.6 Å². The first-order chi connectivity index (χ1) is 14.3. The molecule has 2 aromatic heterocycles. The molecule has 29 heavy (non-hydrogen) atoms. The summed E-state index contributed by atoms with van der Waals surface area (Å²) in [5.41, 5.74) is 10.4. The van der Waals surface area contributed by atoms with Crippen molar-refractivity contribution >= 4 is 71.1 Å². The fraction of sp³-hybridized carbons (Fsp3) is 0. The summed E-state index contributed by atoms with van der Waals surface area (Å²) in [5.74, 6) is 0. The molecule has 0 saturated heterocycles. The van der Waals surface area contributed by atoms with E-state index in [1.807, 2.05) is 30.3 Å². The highest BCUT2D eigenvalue weighted by molar-refractivity contribution is 6.26. The van der Waals surface area contributed by atoms with E-state index in [1.165, 1.54) is 10.8 Å². The third-order valence-corrected chi connectivity index (χ3v) is 5.99. The topological polar surface area (TPSA) is 52.3 Å². The van der Waals surface area contributed by atoms with E-state index >= 15 is 0 Å². The average molecular weight is 373 g/mol. The van der Waals surface area contributed by atoms with E-state index < -0.39 is 0 Å². The smallest absolute Gasteiger partial charge is 0.139 e. The van der Waals surface area contributed by atoms with Gasteiger partial charge in [0.05, 0.1) is 0 Å². The van der Waals surface area contributed by atoms with Gasteiger partial charge in [0.1, 0.15) is 22.3 Å². The van der Waals surface area contributed by atoms with Crippen LogP contribution in [0.25, 0.3) is 65.4 Å². The zero-order chi connectivity index (χ0) is 19.1. The standard InChI is InChI=1S/C26H15NO2/c27-20-12-24-26(17-8-4-3-7-16(17)20)19-11-18-22(13-23(19)29-24)28-21-10-9-14-5-1-2-6-15(14)25(18)21/h1-13H,27H2. The van der Waals surface area contributed by atoms with Crippen LogP contribution in [-0.2, 0) is 0 Å². The summed E-state index contributed by atoms with van der Waals surface area (Å²) in [6.45, 7) is 0. The number of anilines is 1. The Balaban J connectivity index is 1.74. The second-order valence-electron chi connectivity index (χ2n) is 7.59. The number of fused-ring (bicyclic) bond motifs is 10. The van der Waals surface area contributed by atoms with Gasteiger partial charge in [0, 0.05) is 44.8 Å². The molecule has 0 aliphatic carbocycles. The first kappa shape index (κ1) is 15.0. The first-order valence-electron chi connectivity index (χ1n) is 9.65. The Bertz CT molecular complexity index is 1770. The van der Waals surface area contributed by atoms with Crippen LogP contribution < -0.4 is 5.73 Å². The third kappa shape index (κ3) is 1.87. The molecule has 0 radical (unpaired) electrons. The summed E-state index contributed by atoms with van der Waals surface area (Å²) in [5, 5.41) is 8.99. The van der Waals surface area contributed by atoms with Crippen LogP contribution in [0.5, 0.6) is 0 Å². The number of hydrogen-bond donors (Lipinski definition) is 1. The molecule has 5 aromatic carbocycles. The van der Waals surface area contributed by atoms with Gasteiger partial charge in [-0.15, -0.1) is 0 Å². The molecule has 3 heteroatoms. The van der Waals surface area contributed by atoms with Crippen molar-refractivity contribution in [2.75, 3.05) is 5.73 Å². The Morgan fingerprint density at radius 3 is 1.97 bits per heavy atom. The van der Waals surface area contributed by atoms with Crippen LogP contribution in [0.15, 0.2) is 87.7 Å². The summed E-state index contributed by atoms with van der Waals surface area (Å²) in [6, 6.07) is 26.9. The van der Waals surface area contributed by atoms with Crippen molar-refractivity contribution < 1.29 is 8.83 Å². The summed E-state index contributed by atoms with van der Waals surface area (Å²) >= 11 is 0. The Morgan fingerprint density at radius 2 is 1.14 bits per heavy atom. The molecule has 0 amide bonds. The summed E-state index contributed by atoms with van der Waals surface area (Å²) in [7, 11) is 0. The number of nitrogens with two attached hydrogens (primary N) is 1. The van der Waals surface area contributed by atoms with Crippen LogP contribution in [0, 0.1) is 0 Å². The van der Waals surface area contributed by atoms with E-state index in [0.29, 0.717) is 0 Å². The van der Waals surface area contributed by atoms with E-state index in [0.717, 1.165) is 60.3 Å². The van der Waals surface area contributed by atoms with Gasteiger partial charge in [-0.05, 0) is 28.3 Å². The SMILES string of the molecule is Nc1cc2oc3cc4oc5ccc6ccccc6c5c4cc3c2c2ccccc12. The van der Waals surface area contributed by atoms with Gasteiger partial charge in [-0.25, -0.2) is 0 Å². The highest BCUT2D eigenvalue weighted by atomic mass is 16.3. The molecule has 0 bridgehead atoms. The number of furan rings is 2. The zero-order valence-electron chi connectivity index (χ0n) is 15.4. The molecule has 0 fully saturated rings. The normalized spacial score (nSPS) is 12.3. The summed E-state index contributed by atoms with van der Waals surface area (Å²) < 4.78 is 12.4. The Hall–Kier alpha value is -3.98. The van der Waals surface area contributed by atoms with Crippen molar-refractivity contribution in [1.29, 1.82) is 0 Å². The fourth-order valence-corrected chi connectivity index (χ4v) is 4.71. The lowest BCUT2D eigenvalue weighted by Crippen LogP contribution is -1.86. The van der Waals surface area contributed by atoms with Crippen LogP contribution >= 0.6 is 0 Å².